The standard InChI is InChI=1S/C26H35N3O6/c1-5-17(3)28(13-22(30)27-21-12-8-9-16(2)18(21)4)23(31)15-35-24(32)14-29-25(33)19-10-6-7-11-20(19)26(29)34/h8-9,12,17,19-20H,5-7,10-11,13-15H2,1-4H3,(H,27,30)/t17-,19+,20+/m0/s1. The molecule has 0 spiro atoms. The van der Waals surface area contributed by atoms with Crippen LogP contribution in [0.25, 0.3) is 0 Å². The summed E-state index contributed by atoms with van der Waals surface area (Å²) in [6.07, 6.45) is 3.72. The number of fused-ring (bicyclic) bond motifs is 1. The van der Waals surface area contributed by atoms with Crippen LogP contribution in [-0.2, 0) is 28.7 Å². The molecular weight excluding hydrogens is 450 g/mol. The Hall–Kier alpha value is -3.23. The number of rotatable bonds is 9. The van der Waals surface area contributed by atoms with E-state index in [2.05, 4.69) is 5.32 Å². The molecule has 3 atom stereocenters. The Labute approximate surface area is 206 Å². The molecule has 1 aromatic carbocycles. The van der Waals surface area contributed by atoms with Gasteiger partial charge in [-0.15, -0.1) is 0 Å². The molecule has 1 saturated heterocycles. The van der Waals surface area contributed by atoms with E-state index in [9.17, 15) is 24.0 Å². The number of esters is 1. The van der Waals surface area contributed by atoms with Crippen LogP contribution in [0.2, 0.25) is 0 Å². The Kier molecular flexibility index (Phi) is 8.64. The van der Waals surface area contributed by atoms with Crippen LogP contribution in [0.15, 0.2) is 18.2 Å². The number of carbonyl (C=O) groups excluding carboxylic acids is 5. The minimum absolute atomic E-state index is 0.189. The highest BCUT2D eigenvalue weighted by atomic mass is 16.5. The highest BCUT2D eigenvalue weighted by Gasteiger charge is 2.48. The third-order valence-electron chi connectivity index (χ3n) is 7.21. The van der Waals surface area contributed by atoms with Gasteiger partial charge in [-0.05, 0) is 57.2 Å². The van der Waals surface area contributed by atoms with Crippen LogP contribution in [0.3, 0.4) is 0 Å². The minimum Gasteiger partial charge on any atom is -0.454 e. The molecule has 9 nitrogen and oxygen atoms in total. The van der Waals surface area contributed by atoms with E-state index >= 15 is 0 Å². The number of carbonyl (C=O) groups is 5. The molecule has 1 aliphatic heterocycles. The van der Waals surface area contributed by atoms with Crippen LogP contribution in [0.4, 0.5) is 5.69 Å². The van der Waals surface area contributed by atoms with E-state index in [-0.39, 0.29) is 42.1 Å². The molecule has 1 heterocycles. The molecule has 190 valence electrons. The summed E-state index contributed by atoms with van der Waals surface area (Å²) in [5.41, 5.74) is 2.67. The molecule has 0 bridgehead atoms. The van der Waals surface area contributed by atoms with Crippen molar-refractivity contribution in [1.29, 1.82) is 0 Å². The van der Waals surface area contributed by atoms with Crippen molar-refractivity contribution in [3.63, 3.8) is 0 Å². The molecule has 1 aliphatic carbocycles. The summed E-state index contributed by atoms with van der Waals surface area (Å²) < 4.78 is 5.12. The van der Waals surface area contributed by atoms with E-state index in [0.29, 0.717) is 24.9 Å². The van der Waals surface area contributed by atoms with Crippen LogP contribution in [-0.4, -0.2) is 65.1 Å². The zero-order valence-corrected chi connectivity index (χ0v) is 21.0. The van der Waals surface area contributed by atoms with Crippen LogP contribution in [0, 0.1) is 25.7 Å². The fourth-order valence-electron chi connectivity index (χ4n) is 4.73. The molecule has 35 heavy (non-hydrogen) atoms. The monoisotopic (exact) mass is 485 g/mol. The summed E-state index contributed by atoms with van der Waals surface area (Å²) in [7, 11) is 0. The van der Waals surface area contributed by atoms with Gasteiger partial charge in [-0.2, -0.15) is 0 Å². The fourth-order valence-corrected chi connectivity index (χ4v) is 4.73. The highest BCUT2D eigenvalue weighted by Crippen LogP contribution is 2.37. The summed E-state index contributed by atoms with van der Waals surface area (Å²) in [6.45, 7) is 6.32. The first kappa shape index (κ1) is 26.4. The number of likely N-dealkylation sites (tertiary alicyclic amines) is 1. The number of amides is 4. The number of ether oxygens (including phenoxy) is 1. The van der Waals surface area contributed by atoms with Crippen molar-refractivity contribution < 1.29 is 28.7 Å². The van der Waals surface area contributed by atoms with E-state index in [1.165, 1.54) is 4.90 Å². The lowest BCUT2D eigenvalue weighted by Gasteiger charge is -2.28. The topological polar surface area (TPSA) is 113 Å². The van der Waals surface area contributed by atoms with Gasteiger partial charge in [-0.25, -0.2) is 0 Å². The second-order valence-corrected chi connectivity index (χ2v) is 9.50. The van der Waals surface area contributed by atoms with Gasteiger partial charge in [0, 0.05) is 11.7 Å². The zero-order chi connectivity index (χ0) is 25.7. The second-order valence-electron chi connectivity index (χ2n) is 9.50. The number of hydrogen-bond acceptors (Lipinski definition) is 6. The van der Waals surface area contributed by atoms with Gasteiger partial charge in [0.25, 0.3) is 5.91 Å². The molecule has 4 amide bonds. The summed E-state index contributed by atoms with van der Waals surface area (Å²) in [6, 6.07) is 5.34. The Morgan fingerprint density at radius 2 is 1.74 bits per heavy atom. The van der Waals surface area contributed by atoms with Crippen LogP contribution in [0.1, 0.15) is 57.1 Å². The largest absolute Gasteiger partial charge is 0.454 e. The maximum Gasteiger partial charge on any atom is 0.326 e. The van der Waals surface area contributed by atoms with E-state index in [0.717, 1.165) is 28.9 Å². The van der Waals surface area contributed by atoms with E-state index in [1.807, 2.05) is 39.8 Å². The minimum atomic E-state index is -0.817. The SMILES string of the molecule is CC[C@H](C)N(CC(=O)Nc1cccc(C)c1C)C(=O)COC(=O)CN1C(=O)[C@@H]2CCCC[C@H]2C1=O. The van der Waals surface area contributed by atoms with E-state index < -0.39 is 25.0 Å². The number of nitrogens with one attached hydrogen (secondary N) is 1. The highest BCUT2D eigenvalue weighted by molar-refractivity contribution is 6.07. The van der Waals surface area contributed by atoms with E-state index in [4.69, 9.17) is 4.74 Å². The van der Waals surface area contributed by atoms with Gasteiger partial charge in [0.15, 0.2) is 6.61 Å². The van der Waals surface area contributed by atoms with Gasteiger partial charge in [-0.3, -0.25) is 28.9 Å². The molecule has 0 aromatic heterocycles. The lowest BCUT2D eigenvalue weighted by molar-refractivity contribution is -0.157. The van der Waals surface area contributed by atoms with Crippen LogP contribution >= 0.6 is 0 Å². The zero-order valence-electron chi connectivity index (χ0n) is 21.0. The first-order chi connectivity index (χ1) is 16.6. The van der Waals surface area contributed by atoms with Gasteiger partial charge in [0.2, 0.25) is 17.7 Å². The van der Waals surface area contributed by atoms with Crippen LogP contribution in [0.5, 0.6) is 0 Å². The maximum atomic E-state index is 12.8. The van der Waals surface area contributed by atoms with Crippen molar-refractivity contribution >= 4 is 35.3 Å². The molecule has 1 N–H and O–H groups in total. The van der Waals surface area contributed by atoms with Gasteiger partial charge in [-0.1, -0.05) is 31.9 Å². The number of imide groups is 1. The third kappa shape index (κ3) is 6.07. The van der Waals surface area contributed by atoms with Crippen molar-refractivity contribution in [2.75, 3.05) is 25.0 Å². The summed E-state index contributed by atoms with van der Waals surface area (Å²) in [4.78, 5) is 65.4. The van der Waals surface area contributed by atoms with Gasteiger partial charge in [0.05, 0.1) is 11.8 Å². The van der Waals surface area contributed by atoms with Crippen molar-refractivity contribution in [2.45, 2.75) is 65.8 Å². The van der Waals surface area contributed by atoms with Crippen molar-refractivity contribution in [3.8, 4) is 0 Å². The van der Waals surface area contributed by atoms with E-state index in [1.54, 1.807) is 6.07 Å². The maximum absolute atomic E-state index is 12.8. The predicted molar refractivity (Wildman–Crippen MR) is 129 cm³/mol. The van der Waals surface area contributed by atoms with Gasteiger partial charge in [0.1, 0.15) is 13.1 Å². The summed E-state index contributed by atoms with van der Waals surface area (Å²) in [5.74, 6) is -3.03. The Bertz CT molecular complexity index is 983. The Morgan fingerprint density at radius 3 is 2.34 bits per heavy atom. The van der Waals surface area contributed by atoms with Crippen molar-refractivity contribution in [2.24, 2.45) is 11.8 Å². The quantitative estimate of drug-likeness (QED) is 0.425. The lowest BCUT2D eigenvalue weighted by Crippen LogP contribution is -2.45. The average molecular weight is 486 g/mol. The molecule has 9 heteroatoms. The molecular formula is C26H35N3O6. The third-order valence-corrected chi connectivity index (χ3v) is 7.21. The molecule has 1 saturated carbocycles. The number of hydrogen-bond donors (Lipinski definition) is 1. The normalized spacial score (nSPS) is 20.3. The molecule has 2 aliphatic rings. The first-order valence-electron chi connectivity index (χ1n) is 12.3. The Balaban J connectivity index is 1.55. The molecule has 0 radical (unpaired) electrons. The number of anilines is 1. The van der Waals surface area contributed by atoms with Crippen molar-refractivity contribution in [3.05, 3.63) is 29.3 Å². The number of aryl methyl sites for hydroxylation is 1. The summed E-state index contributed by atoms with van der Waals surface area (Å²) >= 11 is 0. The van der Waals surface area contributed by atoms with Crippen molar-refractivity contribution in [1.82, 2.24) is 9.80 Å². The predicted octanol–water partition coefficient (Wildman–Crippen LogP) is 2.59. The smallest absolute Gasteiger partial charge is 0.326 e. The molecule has 3 rings (SSSR count). The number of benzene rings is 1. The fraction of sp³-hybridized carbons (Fsp3) is 0.577. The average Bonchev–Trinajstić information content (AvgIpc) is 3.08. The van der Waals surface area contributed by atoms with Gasteiger partial charge < -0.3 is 15.0 Å². The second kappa shape index (κ2) is 11.5. The molecule has 0 unspecified atom stereocenters. The number of nitrogens with zero attached hydrogens (tertiary/aromatic N) is 2. The Morgan fingerprint density at radius 1 is 1.11 bits per heavy atom. The molecule has 2 fully saturated rings. The van der Waals surface area contributed by atoms with Crippen LogP contribution < -0.4 is 5.32 Å². The molecule has 1 aromatic rings. The summed E-state index contributed by atoms with van der Waals surface area (Å²) in [5, 5.41) is 2.84. The first-order valence-corrected chi connectivity index (χ1v) is 12.3. The lowest BCUT2D eigenvalue weighted by atomic mass is 9.81. The van der Waals surface area contributed by atoms with Gasteiger partial charge >= 0.3 is 5.97 Å².